The molecule has 0 fully saturated rings. The van der Waals surface area contributed by atoms with E-state index >= 15 is 0 Å². The van der Waals surface area contributed by atoms with Crippen LogP contribution in [0.4, 0.5) is 5.69 Å². The summed E-state index contributed by atoms with van der Waals surface area (Å²) in [4.78, 5) is 16.3. The van der Waals surface area contributed by atoms with Crippen molar-refractivity contribution in [2.45, 2.75) is 20.3 Å². The number of hydrogen-bond acceptors (Lipinski definition) is 4. The van der Waals surface area contributed by atoms with Gasteiger partial charge in [0.05, 0.1) is 11.9 Å². The van der Waals surface area contributed by atoms with E-state index in [1.54, 1.807) is 18.3 Å². The van der Waals surface area contributed by atoms with Crippen molar-refractivity contribution in [3.05, 3.63) is 78.0 Å². The summed E-state index contributed by atoms with van der Waals surface area (Å²) in [5.41, 5.74) is 2.92. The van der Waals surface area contributed by atoms with E-state index < -0.39 is 0 Å². The third-order valence-corrected chi connectivity index (χ3v) is 3.94. The second kappa shape index (κ2) is 8.85. The molecule has 3 rings (SSSR count). The van der Waals surface area contributed by atoms with Gasteiger partial charge < -0.3 is 14.8 Å². The van der Waals surface area contributed by atoms with Gasteiger partial charge in [-0.05, 0) is 49.2 Å². The van der Waals surface area contributed by atoms with Gasteiger partial charge in [0.25, 0.3) is 5.91 Å². The first-order chi connectivity index (χ1) is 13.1. The summed E-state index contributed by atoms with van der Waals surface area (Å²) in [6, 6.07) is 18.9. The molecule has 1 aromatic heterocycles. The molecule has 2 aromatic carbocycles. The molecule has 1 N–H and O–H groups in total. The Bertz CT molecular complexity index is 890. The van der Waals surface area contributed by atoms with Crippen molar-refractivity contribution < 1.29 is 14.3 Å². The van der Waals surface area contributed by atoms with Crippen LogP contribution in [-0.4, -0.2) is 17.5 Å². The Morgan fingerprint density at radius 3 is 2.56 bits per heavy atom. The van der Waals surface area contributed by atoms with Crippen LogP contribution in [0, 0.1) is 6.92 Å². The molecule has 1 amide bonds. The maximum Gasteiger partial charge on any atom is 0.262 e. The van der Waals surface area contributed by atoms with Crippen LogP contribution in [0.3, 0.4) is 0 Å². The van der Waals surface area contributed by atoms with Crippen LogP contribution in [0.5, 0.6) is 17.4 Å². The number of nitrogens with one attached hydrogen (secondary N) is 1. The van der Waals surface area contributed by atoms with Crippen LogP contribution in [0.1, 0.15) is 18.1 Å². The quantitative estimate of drug-likeness (QED) is 0.658. The number of nitrogens with zero attached hydrogens (tertiary/aromatic N) is 1. The number of anilines is 1. The van der Waals surface area contributed by atoms with E-state index in [-0.39, 0.29) is 12.5 Å². The van der Waals surface area contributed by atoms with Gasteiger partial charge in [0.2, 0.25) is 5.88 Å². The van der Waals surface area contributed by atoms with E-state index in [9.17, 15) is 4.79 Å². The largest absolute Gasteiger partial charge is 0.484 e. The van der Waals surface area contributed by atoms with Gasteiger partial charge >= 0.3 is 0 Å². The third kappa shape index (κ3) is 5.57. The van der Waals surface area contributed by atoms with E-state index in [4.69, 9.17) is 9.47 Å². The van der Waals surface area contributed by atoms with Gasteiger partial charge in [-0.1, -0.05) is 36.8 Å². The number of benzene rings is 2. The molecule has 0 bridgehead atoms. The fraction of sp³-hybridized carbons (Fsp3) is 0.182. The first kappa shape index (κ1) is 18.5. The lowest BCUT2D eigenvalue weighted by atomic mass is 10.2. The maximum absolute atomic E-state index is 12.1. The van der Waals surface area contributed by atoms with Gasteiger partial charge in [0, 0.05) is 6.07 Å². The lowest BCUT2D eigenvalue weighted by molar-refractivity contribution is -0.118. The predicted molar refractivity (Wildman–Crippen MR) is 105 cm³/mol. The Labute approximate surface area is 159 Å². The van der Waals surface area contributed by atoms with E-state index in [1.165, 1.54) is 5.56 Å². The van der Waals surface area contributed by atoms with Gasteiger partial charge in [-0.3, -0.25) is 4.79 Å². The smallest absolute Gasteiger partial charge is 0.262 e. The van der Waals surface area contributed by atoms with E-state index in [1.807, 2.05) is 55.5 Å². The van der Waals surface area contributed by atoms with Crippen LogP contribution in [0.25, 0.3) is 0 Å². The molecule has 3 aromatic rings. The summed E-state index contributed by atoms with van der Waals surface area (Å²) in [6.45, 7) is 4.03. The number of rotatable bonds is 7. The topological polar surface area (TPSA) is 60.5 Å². The van der Waals surface area contributed by atoms with E-state index in [0.29, 0.717) is 23.1 Å². The van der Waals surface area contributed by atoms with Crippen molar-refractivity contribution in [2.75, 3.05) is 11.9 Å². The molecule has 0 saturated carbocycles. The van der Waals surface area contributed by atoms with E-state index in [0.717, 1.165) is 12.0 Å². The molecule has 0 atom stereocenters. The minimum atomic E-state index is -0.245. The van der Waals surface area contributed by atoms with Gasteiger partial charge in [0.15, 0.2) is 6.61 Å². The normalized spacial score (nSPS) is 10.3. The van der Waals surface area contributed by atoms with Crippen molar-refractivity contribution in [3.63, 3.8) is 0 Å². The van der Waals surface area contributed by atoms with Crippen molar-refractivity contribution >= 4 is 11.6 Å². The first-order valence-electron chi connectivity index (χ1n) is 8.84. The Kier molecular flexibility index (Phi) is 6.05. The highest BCUT2D eigenvalue weighted by molar-refractivity contribution is 5.91. The molecular weight excluding hydrogens is 340 g/mol. The van der Waals surface area contributed by atoms with Gasteiger partial charge in [-0.2, -0.15) is 0 Å². The van der Waals surface area contributed by atoms with Crippen LogP contribution >= 0.6 is 0 Å². The molecule has 0 spiro atoms. The summed E-state index contributed by atoms with van der Waals surface area (Å²) in [5.74, 6) is 1.62. The monoisotopic (exact) mass is 362 g/mol. The van der Waals surface area contributed by atoms with Crippen LogP contribution in [0.2, 0.25) is 0 Å². The summed E-state index contributed by atoms with van der Waals surface area (Å²) in [7, 11) is 0. The molecule has 0 saturated heterocycles. The number of pyridine rings is 1. The molecule has 0 unspecified atom stereocenters. The van der Waals surface area contributed by atoms with Gasteiger partial charge in [-0.25, -0.2) is 4.98 Å². The molecule has 0 aliphatic carbocycles. The van der Waals surface area contributed by atoms with Crippen LogP contribution in [-0.2, 0) is 11.2 Å². The number of amides is 1. The molecule has 5 heteroatoms. The van der Waals surface area contributed by atoms with Crippen molar-refractivity contribution in [2.24, 2.45) is 0 Å². The summed E-state index contributed by atoms with van der Waals surface area (Å²) in [6.07, 6.45) is 2.48. The molecular formula is C22H22N2O3. The molecule has 0 radical (unpaired) electrons. The summed E-state index contributed by atoms with van der Waals surface area (Å²) >= 11 is 0. The summed E-state index contributed by atoms with van der Waals surface area (Å²) < 4.78 is 11.2. The van der Waals surface area contributed by atoms with Crippen molar-refractivity contribution in [1.29, 1.82) is 0 Å². The van der Waals surface area contributed by atoms with Crippen LogP contribution < -0.4 is 14.8 Å². The molecule has 27 heavy (non-hydrogen) atoms. The number of ether oxygens (including phenoxy) is 2. The Morgan fingerprint density at radius 1 is 1.04 bits per heavy atom. The molecule has 0 aliphatic rings. The van der Waals surface area contributed by atoms with Crippen LogP contribution in [0.15, 0.2) is 66.9 Å². The second-order valence-corrected chi connectivity index (χ2v) is 6.14. The Hall–Kier alpha value is -3.34. The van der Waals surface area contributed by atoms with E-state index in [2.05, 4.69) is 17.2 Å². The first-order valence-corrected chi connectivity index (χ1v) is 8.84. The fourth-order valence-electron chi connectivity index (χ4n) is 2.44. The highest BCUT2D eigenvalue weighted by atomic mass is 16.5. The Morgan fingerprint density at radius 2 is 1.85 bits per heavy atom. The number of aryl methyl sites for hydroxylation is 2. The third-order valence-electron chi connectivity index (χ3n) is 3.94. The zero-order valence-electron chi connectivity index (χ0n) is 15.4. The highest BCUT2D eigenvalue weighted by Crippen LogP contribution is 2.21. The average molecular weight is 362 g/mol. The zero-order valence-corrected chi connectivity index (χ0v) is 15.4. The Balaban J connectivity index is 1.51. The minimum Gasteiger partial charge on any atom is -0.484 e. The molecule has 5 nitrogen and oxygen atoms in total. The average Bonchev–Trinajstić information content (AvgIpc) is 2.70. The lowest BCUT2D eigenvalue weighted by Gasteiger charge is -2.09. The second-order valence-electron chi connectivity index (χ2n) is 6.14. The standard InChI is InChI=1S/C22H22N2O3/c1-3-17-5-4-6-20(13-17)26-15-21(25)24-18-9-12-22(23-14-18)27-19-10-7-16(2)8-11-19/h4-14H,3,15H2,1-2H3,(H,24,25). The summed E-state index contributed by atoms with van der Waals surface area (Å²) in [5, 5.41) is 2.76. The molecule has 0 aliphatic heterocycles. The number of hydrogen-bond donors (Lipinski definition) is 1. The maximum atomic E-state index is 12.1. The van der Waals surface area contributed by atoms with Gasteiger partial charge in [0.1, 0.15) is 11.5 Å². The highest BCUT2D eigenvalue weighted by Gasteiger charge is 2.06. The predicted octanol–water partition coefficient (Wildman–Crippen LogP) is 4.76. The zero-order chi connectivity index (χ0) is 19.1. The molecule has 138 valence electrons. The minimum absolute atomic E-state index is 0.0607. The lowest BCUT2D eigenvalue weighted by Crippen LogP contribution is -2.20. The van der Waals surface area contributed by atoms with Gasteiger partial charge in [-0.15, -0.1) is 0 Å². The number of carbonyl (C=O) groups excluding carboxylic acids is 1. The number of carbonyl (C=O) groups is 1. The fourth-order valence-corrected chi connectivity index (χ4v) is 2.44. The molecule has 1 heterocycles. The van der Waals surface area contributed by atoms with Crippen molar-refractivity contribution in [3.8, 4) is 17.4 Å². The van der Waals surface area contributed by atoms with Crippen molar-refractivity contribution in [1.82, 2.24) is 4.98 Å². The SMILES string of the molecule is CCc1cccc(OCC(=O)Nc2ccc(Oc3ccc(C)cc3)nc2)c1. The number of aromatic nitrogens is 1.